The number of carbonyl (C=O) groups excluding carboxylic acids is 1. The van der Waals surface area contributed by atoms with Gasteiger partial charge in [0.2, 0.25) is 5.13 Å². The molecule has 4 rings (SSSR count). The van der Waals surface area contributed by atoms with Crippen LogP contribution < -0.4 is 5.32 Å². The van der Waals surface area contributed by atoms with Gasteiger partial charge in [-0.1, -0.05) is 53.8 Å². The number of amides is 1. The molecule has 1 heterocycles. The van der Waals surface area contributed by atoms with Gasteiger partial charge in [-0.05, 0) is 60.8 Å². The van der Waals surface area contributed by atoms with Crippen LogP contribution in [0.1, 0.15) is 64.5 Å². The maximum absolute atomic E-state index is 12.6. The highest BCUT2D eigenvalue weighted by molar-refractivity contribution is 7.83. The number of hydrogen-bond acceptors (Lipinski definition) is 6. The van der Waals surface area contributed by atoms with Crippen molar-refractivity contribution in [1.29, 1.82) is 0 Å². The smallest absolute Gasteiger partial charge is 0.303 e. The third kappa shape index (κ3) is 6.80. The molecule has 3 aromatic rings. The predicted octanol–water partition coefficient (Wildman–Crippen LogP) is 4.99. The van der Waals surface area contributed by atoms with E-state index in [1.807, 2.05) is 54.6 Å². The standard InChI is InChI=1S/C25H27N3O4S2/c29-23(30)14-17-6-8-19(9-7-17)20-10-12-21(13-11-20)24(31)26-25-28-27-22(33-25)16-34(32)15-18-4-2-1-3-5-18/h1-5,10-13,17,19H,6-9,14-16H2,(H,29,30)(H,26,28,31). The second kappa shape index (κ2) is 11.5. The van der Waals surface area contributed by atoms with Gasteiger partial charge in [-0.3, -0.25) is 19.1 Å². The van der Waals surface area contributed by atoms with E-state index in [4.69, 9.17) is 5.11 Å². The summed E-state index contributed by atoms with van der Waals surface area (Å²) in [7, 11) is -1.10. The second-order valence-corrected chi connectivity index (χ2v) is 11.1. The van der Waals surface area contributed by atoms with Crippen LogP contribution in [0, 0.1) is 5.92 Å². The Kier molecular flexibility index (Phi) is 8.18. The number of nitrogens with one attached hydrogen (secondary N) is 1. The first kappa shape index (κ1) is 24.2. The summed E-state index contributed by atoms with van der Waals surface area (Å²) in [6.07, 6.45) is 4.05. The van der Waals surface area contributed by atoms with Gasteiger partial charge < -0.3 is 5.11 Å². The number of nitrogens with zero attached hydrogens (tertiary/aromatic N) is 2. The number of aliphatic carboxylic acids is 1. The average molecular weight is 498 g/mol. The van der Waals surface area contributed by atoms with Gasteiger partial charge in [-0.2, -0.15) is 0 Å². The van der Waals surface area contributed by atoms with Gasteiger partial charge >= 0.3 is 5.97 Å². The Labute approximate surface area is 205 Å². The summed E-state index contributed by atoms with van der Waals surface area (Å²) in [6, 6.07) is 17.2. The predicted molar refractivity (Wildman–Crippen MR) is 133 cm³/mol. The van der Waals surface area contributed by atoms with Crippen molar-refractivity contribution in [3.63, 3.8) is 0 Å². The summed E-state index contributed by atoms with van der Waals surface area (Å²) in [6.45, 7) is 0. The Balaban J connectivity index is 1.27. The van der Waals surface area contributed by atoms with Crippen molar-refractivity contribution in [2.75, 3.05) is 5.32 Å². The van der Waals surface area contributed by atoms with E-state index in [0.29, 0.717) is 33.1 Å². The summed E-state index contributed by atoms with van der Waals surface area (Å²) >= 11 is 1.24. The molecular weight excluding hydrogens is 470 g/mol. The molecule has 1 aliphatic carbocycles. The molecule has 1 unspecified atom stereocenters. The van der Waals surface area contributed by atoms with Gasteiger partial charge in [0.1, 0.15) is 5.01 Å². The summed E-state index contributed by atoms with van der Waals surface area (Å²) in [5.41, 5.74) is 2.73. The number of aromatic nitrogens is 2. The zero-order valence-corrected chi connectivity index (χ0v) is 20.3. The highest BCUT2D eigenvalue weighted by Gasteiger charge is 2.24. The molecular formula is C25H27N3O4S2. The van der Waals surface area contributed by atoms with Crippen LogP contribution in [-0.4, -0.2) is 31.4 Å². The van der Waals surface area contributed by atoms with E-state index in [-0.39, 0.29) is 18.2 Å². The average Bonchev–Trinajstić information content (AvgIpc) is 3.26. The molecule has 1 aromatic heterocycles. The number of carboxylic acid groups (broad SMARTS) is 1. The largest absolute Gasteiger partial charge is 0.481 e. The molecule has 0 radical (unpaired) electrons. The normalized spacial score (nSPS) is 18.8. The molecule has 34 heavy (non-hydrogen) atoms. The van der Waals surface area contributed by atoms with Gasteiger partial charge in [0.05, 0.1) is 5.75 Å². The first-order valence-electron chi connectivity index (χ1n) is 11.3. The van der Waals surface area contributed by atoms with Crippen LogP contribution in [0.2, 0.25) is 0 Å². The summed E-state index contributed by atoms with van der Waals surface area (Å²) in [5.74, 6) is 0.448. The monoisotopic (exact) mass is 497 g/mol. The molecule has 1 fully saturated rings. The first-order valence-corrected chi connectivity index (χ1v) is 13.6. The van der Waals surface area contributed by atoms with Crippen molar-refractivity contribution in [2.24, 2.45) is 5.92 Å². The van der Waals surface area contributed by atoms with Crippen molar-refractivity contribution in [1.82, 2.24) is 10.2 Å². The molecule has 0 spiro atoms. The fourth-order valence-electron chi connectivity index (χ4n) is 4.33. The number of carbonyl (C=O) groups is 2. The lowest BCUT2D eigenvalue weighted by Gasteiger charge is -2.28. The molecule has 1 aliphatic rings. The fourth-order valence-corrected chi connectivity index (χ4v) is 6.49. The molecule has 0 saturated heterocycles. The molecule has 2 N–H and O–H groups in total. The van der Waals surface area contributed by atoms with E-state index in [1.54, 1.807) is 0 Å². The van der Waals surface area contributed by atoms with E-state index in [2.05, 4.69) is 15.5 Å². The van der Waals surface area contributed by atoms with Gasteiger partial charge in [0.15, 0.2) is 0 Å². The molecule has 2 aromatic carbocycles. The van der Waals surface area contributed by atoms with E-state index < -0.39 is 16.8 Å². The summed E-state index contributed by atoms with van der Waals surface area (Å²) in [4.78, 5) is 23.5. The van der Waals surface area contributed by atoms with Crippen LogP contribution in [0.5, 0.6) is 0 Å². The Morgan fingerprint density at radius 2 is 1.68 bits per heavy atom. The van der Waals surface area contributed by atoms with E-state index in [0.717, 1.165) is 31.2 Å². The number of anilines is 1. The first-order chi connectivity index (χ1) is 16.5. The Morgan fingerprint density at radius 3 is 2.35 bits per heavy atom. The molecule has 1 amide bonds. The minimum absolute atomic E-state index is 0.252. The van der Waals surface area contributed by atoms with Crippen molar-refractivity contribution in [3.05, 3.63) is 76.3 Å². The van der Waals surface area contributed by atoms with Crippen LogP contribution in [-0.2, 0) is 27.1 Å². The van der Waals surface area contributed by atoms with Crippen molar-refractivity contribution in [3.8, 4) is 0 Å². The minimum atomic E-state index is -1.10. The summed E-state index contributed by atoms with van der Waals surface area (Å²) in [5, 5.41) is 20.8. The van der Waals surface area contributed by atoms with Crippen LogP contribution in [0.25, 0.3) is 0 Å². The molecule has 1 saturated carbocycles. The third-order valence-electron chi connectivity index (χ3n) is 6.10. The molecule has 0 aliphatic heterocycles. The van der Waals surface area contributed by atoms with Crippen molar-refractivity contribution < 1.29 is 18.9 Å². The number of carboxylic acids is 1. The van der Waals surface area contributed by atoms with Gasteiger partial charge in [-0.25, -0.2) is 0 Å². The van der Waals surface area contributed by atoms with Gasteiger partial charge in [0.25, 0.3) is 5.91 Å². The van der Waals surface area contributed by atoms with Crippen LogP contribution in [0.15, 0.2) is 54.6 Å². The van der Waals surface area contributed by atoms with E-state index in [9.17, 15) is 13.8 Å². The zero-order valence-electron chi connectivity index (χ0n) is 18.7. The van der Waals surface area contributed by atoms with Crippen molar-refractivity contribution in [2.45, 2.75) is 49.5 Å². The highest BCUT2D eigenvalue weighted by atomic mass is 32.2. The van der Waals surface area contributed by atoms with Crippen LogP contribution in [0.4, 0.5) is 5.13 Å². The van der Waals surface area contributed by atoms with Gasteiger partial charge in [-0.15, -0.1) is 10.2 Å². The molecule has 7 nitrogen and oxygen atoms in total. The lowest BCUT2D eigenvalue weighted by atomic mass is 9.77. The topological polar surface area (TPSA) is 109 Å². The van der Waals surface area contributed by atoms with Crippen molar-refractivity contribution >= 4 is 39.1 Å². The zero-order chi connectivity index (χ0) is 23.9. The number of hydrogen-bond donors (Lipinski definition) is 2. The van der Waals surface area contributed by atoms with Crippen LogP contribution >= 0.6 is 11.3 Å². The maximum atomic E-state index is 12.6. The second-order valence-electron chi connectivity index (χ2n) is 8.61. The highest BCUT2D eigenvalue weighted by Crippen LogP contribution is 2.37. The Hall–Kier alpha value is -2.91. The molecule has 1 atom stereocenters. The third-order valence-corrected chi connectivity index (χ3v) is 8.37. The van der Waals surface area contributed by atoms with E-state index >= 15 is 0 Å². The fraction of sp³-hybridized carbons (Fsp3) is 0.360. The van der Waals surface area contributed by atoms with E-state index in [1.165, 1.54) is 16.9 Å². The molecule has 178 valence electrons. The van der Waals surface area contributed by atoms with Gasteiger partial charge in [0, 0.05) is 28.5 Å². The SMILES string of the molecule is O=C(O)CC1CCC(c2ccc(C(=O)Nc3nnc(CS(=O)Cc4ccccc4)s3)cc2)CC1. The minimum Gasteiger partial charge on any atom is -0.481 e. The molecule has 0 bridgehead atoms. The van der Waals surface area contributed by atoms with Crippen LogP contribution in [0.3, 0.4) is 0 Å². The number of benzene rings is 2. The lowest BCUT2D eigenvalue weighted by molar-refractivity contribution is -0.138. The molecule has 9 heteroatoms. The number of rotatable bonds is 9. The Bertz CT molecular complexity index is 1140. The summed E-state index contributed by atoms with van der Waals surface area (Å²) < 4.78 is 12.4. The quantitative estimate of drug-likeness (QED) is 0.431. The Morgan fingerprint density at radius 1 is 0.971 bits per heavy atom. The lowest BCUT2D eigenvalue weighted by Crippen LogP contribution is -2.16. The maximum Gasteiger partial charge on any atom is 0.303 e.